The summed E-state index contributed by atoms with van der Waals surface area (Å²) in [6.07, 6.45) is 3.78. The second kappa shape index (κ2) is 10.5. The van der Waals surface area contributed by atoms with E-state index in [1.165, 1.54) is 0 Å². The molecule has 180 valence electrons. The lowest BCUT2D eigenvalue weighted by Gasteiger charge is -2.45. The normalized spacial score (nSPS) is 30.4. The van der Waals surface area contributed by atoms with Crippen LogP contribution in [0.15, 0.2) is 18.2 Å². The number of piperazine rings is 1. The molecule has 0 radical (unpaired) electrons. The summed E-state index contributed by atoms with van der Waals surface area (Å²) >= 11 is 0. The predicted octanol–water partition coefficient (Wildman–Crippen LogP) is 3.15. The molecule has 1 aromatic rings. The number of nitriles is 1. The van der Waals surface area contributed by atoms with Gasteiger partial charge < -0.3 is 15.0 Å². The summed E-state index contributed by atoms with van der Waals surface area (Å²) in [5.74, 6) is -0.263. The Kier molecular flexibility index (Phi) is 7.68. The number of nitrogens with one attached hydrogen (secondary N) is 1. The van der Waals surface area contributed by atoms with Gasteiger partial charge in [0.1, 0.15) is 5.82 Å². The van der Waals surface area contributed by atoms with E-state index in [2.05, 4.69) is 35.0 Å². The molecule has 6 nitrogen and oxygen atoms in total. The highest BCUT2D eigenvalue weighted by molar-refractivity contribution is 5.85. The number of methoxy groups -OCH3 is 1. The van der Waals surface area contributed by atoms with E-state index in [9.17, 15) is 10.1 Å². The maximum atomic E-state index is 15.0. The topological polar surface area (TPSA) is 68.6 Å². The van der Waals surface area contributed by atoms with Crippen molar-refractivity contribution in [1.29, 1.82) is 5.26 Å². The Morgan fingerprint density at radius 2 is 2.06 bits per heavy atom. The van der Waals surface area contributed by atoms with Crippen LogP contribution in [0.1, 0.15) is 45.1 Å². The van der Waals surface area contributed by atoms with Crippen LogP contribution in [0.5, 0.6) is 0 Å². The number of Topliss-reactive ketones (excluding diaryl/α,β-unsaturated/α-hetero) is 1. The molecule has 0 aromatic heterocycles. The van der Waals surface area contributed by atoms with E-state index in [1.807, 2.05) is 6.07 Å². The van der Waals surface area contributed by atoms with Gasteiger partial charge in [-0.05, 0) is 63.1 Å². The minimum atomic E-state index is -0.497. The Bertz CT molecular complexity index is 876. The van der Waals surface area contributed by atoms with E-state index < -0.39 is 5.92 Å². The summed E-state index contributed by atoms with van der Waals surface area (Å²) < 4.78 is 20.3. The standard InChI is InChI=1S/C26H37FN4O2/c1-17-15-30(16-18(2)31(17)8-9-33-3)23-7-5-20(24(27)13-23)10-19(14-28)11-25(32)26-21-4-6-22(12-21)29-26/h5,7,13,17-19,21-22,26,29H,4,6,8-12,15-16H2,1-3H3/t17?,18?,19-,21+,22-,26+/m1/s1. The average molecular weight is 457 g/mol. The number of benzene rings is 1. The maximum absolute atomic E-state index is 15.0. The number of carbonyl (C=O) groups is 1. The second-order valence-electron chi connectivity index (χ2n) is 10.2. The first-order valence-electron chi connectivity index (χ1n) is 12.4. The van der Waals surface area contributed by atoms with E-state index in [4.69, 9.17) is 4.74 Å². The van der Waals surface area contributed by atoms with Crippen LogP contribution >= 0.6 is 0 Å². The van der Waals surface area contributed by atoms with Gasteiger partial charge in [0.2, 0.25) is 0 Å². The Morgan fingerprint density at radius 1 is 1.30 bits per heavy atom. The highest BCUT2D eigenvalue weighted by Gasteiger charge is 2.42. The quantitative estimate of drug-likeness (QED) is 0.616. The van der Waals surface area contributed by atoms with Gasteiger partial charge in [-0.25, -0.2) is 4.39 Å². The Balaban J connectivity index is 1.36. The number of piperidine rings is 1. The van der Waals surface area contributed by atoms with Crippen molar-refractivity contribution in [3.8, 4) is 6.07 Å². The number of rotatable bonds is 9. The number of halogens is 1. The number of ether oxygens (including phenoxy) is 1. The van der Waals surface area contributed by atoms with Crippen molar-refractivity contribution in [2.75, 3.05) is 38.3 Å². The molecule has 33 heavy (non-hydrogen) atoms. The lowest BCUT2D eigenvalue weighted by atomic mass is 9.88. The Hall–Kier alpha value is -2.01. The third-order valence-corrected chi connectivity index (χ3v) is 7.86. The molecule has 7 heteroatoms. The van der Waals surface area contributed by atoms with Crippen molar-refractivity contribution in [3.63, 3.8) is 0 Å². The van der Waals surface area contributed by atoms with Crippen LogP contribution < -0.4 is 10.2 Å². The third kappa shape index (κ3) is 5.40. The SMILES string of the molecule is COCCN1C(C)CN(c2ccc(C[C@@H](C#N)CC(=O)[C@H]3N[C@@H]4CC[C@H]3C4)c(F)c2)CC1C. The number of hydrogen-bond donors (Lipinski definition) is 1. The lowest BCUT2D eigenvalue weighted by molar-refractivity contribution is -0.122. The largest absolute Gasteiger partial charge is 0.383 e. The Morgan fingerprint density at radius 3 is 2.64 bits per heavy atom. The van der Waals surface area contributed by atoms with Gasteiger partial charge in [-0.15, -0.1) is 0 Å². The number of nitrogens with zero attached hydrogens (tertiary/aromatic N) is 3. The van der Waals surface area contributed by atoms with Crippen molar-refractivity contribution in [3.05, 3.63) is 29.6 Å². The van der Waals surface area contributed by atoms with Gasteiger partial charge in [0.05, 0.1) is 24.6 Å². The fourth-order valence-electron chi connectivity index (χ4n) is 6.12. The zero-order valence-corrected chi connectivity index (χ0v) is 20.1. The zero-order chi connectivity index (χ0) is 23.5. The van der Waals surface area contributed by atoms with E-state index in [-0.39, 0.29) is 30.5 Å². The van der Waals surface area contributed by atoms with Crippen molar-refractivity contribution >= 4 is 11.5 Å². The number of fused-ring (bicyclic) bond motifs is 2. The molecule has 1 N–H and O–H groups in total. The van der Waals surface area contributed by atoms with Gasteiger partial charge in [-0.2, -0.15) is 5.26 Å². The van der Waals surface area contributed by atoms with Crippen LogP contribution in [0.4, 0.5) is 10.1 Å². The summed E-state index contributed by atoms with van der Waals surface area (Å²) in [5.41, 5.74) is 1.39. The van der Waals surface area contributed by atoms with Gasteiger partial charge in [0, 0.05) is 57.0 Å². The van der Waals surface area contributed by atoms with Crippen LogP contribution in [-0.4, -0.2) is 68.2 Å². The summed E-state index contributed by atoms with van der Waals surface area (Å²) in [7, 11) is 1.72. The van der Waals surface area contributed by atoms with E-state index in [0.29, 0.717) is 36.2 Å². The van der Waals surface area contributed by atoms with Crippen LogP contribution in [0, 0.1) is 29.0 Å². The molecule has 1 aliphatic carbocycles. The molecule has 2 heterocycles. The van der Waals surface area contributed by atoms with Crippen molar-refractivity contribution in [2.45, 2.75) is 70.1 Å². The molecule has 3 fully saturated rings. The molecule has 2 bridgehead atoms. The minimum Gasteiger partial charge on any atom is -0.383 e. The van der Waals surface area contributed by atoms with Gasteiger partial charge >= 0.3 is 0 Å². The maximum Gasteiger partial charge on any atom is 0.151 e. The molecule has 0 spiro atoms. The first-order chi connectivity index (χ1) is 15.9. The van der Waals surface area contributed by atoms with Crippen LogP contribution in [-0.2, 0) is 16.0 Å². The minimum absolute atomic E-state index is 0.111. The third-order valence-electron chi connectivity index (χ3n) is 7.86. The smallest absolute Gasteiger partial charge is 0.151 e. The van der Waals surface area contributed by atoms with Crippen LogP contribution in [0.25, 0.3) is 0 Å². The fraction of sp³-hybridized carbons (Fsp3) is 0.692. The molecular formula is C26H37FN4O2. The van der Waals surface area contributed by atoms with Crippen LogP contribution in [0.3, 0.4) is 0 Å². The molecule has 1 saturated carbocycles. The number of carbonyl (C=O) groups excluding carboxylic acids is 1. The lowest BCUT2D eigenvalue weighted by Crippen LogP contribution is -2.57. The van der Waals surface area contributed by atoms with Gasteiger partial charge in [0.25, 0.3) is 0 Å². The molecule has 3 aliphatic rings. The summed E-state index contributed by atoms with van der Waals surface area (Å²) in [6.45, 7) is 7.66. The molecule has 2 aliphatic heterocycles. The van der Waals surface area contributed by atoms with Crippen molar-refractivity contribution < 1.29 is 13.9 Å². The highest BCUT2D eigenvalue weighted by atomic mass is 19.1. The number of ketones is 1. The van der Waals surface area contributed by atoms with Crippen LogP contribution in [0.2, 0.25) is 0 Å². The van der Waals surface area contributed by atoms with E-state index in [0.717, 1.165) is 44.6 Å². The van der Waals surface area contributed by atoms with E-state index in [1.54, 1.807) is 19.2 Å². The second-order valence-corrected chi connectivity index (χ2v) is 10.2. The van der Waals surface area contributed by atoms with Gasteiger partial charge in [-0.1, -0.05) is 6.07 Å². The van der Waals surface area contributed by atoms with E-state index >= 15 is 4.39 Å². The molecule has 1 aromatic carbocycles. The molecule has 0 amide bonds. The molecule has 2 saturated heterocycles. The summed E-state index contributed by atoms with van der Waals surface area (Å²) in [5, 5.41) is 13.0. The number of hydrogen-bond acceptors (Lipinski definition) is 6. The highest BCUT2D eigenvalue weighted by Crippen LogP contribution is 2.36. The zero-order valence-electron chi connectivity index (χ0n) is 20.1. The summed E-state index contributed by atoms with van der Waals surface area (Å²) in [4.78, 5) is 17.4. The van der Waals surface area contributed by atoms with Gasteiger partial charge in [-0.3, -0.25) is 9.69 Å². The predicted molar refractivity (Wildman–Crippen MR) is 127 cm³/mol. The number of anilines is 1. The first kappa shape index (κ1) is 24.1. The fourth-order valence-corrected chi connectivity index (χ4v) is 6.12. The first-order valence-corrected chi connectivity index (χ1v) is 12.4. The molecule has 6 atom stereocenters. The van der Waals surface area contributed by atoms with Crippen molar-refractivity contribution in [2.24, 2.45) is 11.8 Å². The Labute approximate surface area is 197 Å². The molecule has 4 rings (SSSR count). The monoisotopic (exact) mass is 456 g/mol. The molecular weight excluding hydrogens is 419 g/mol. The average Bonchev–Trinajstić information content (AvgIpc) is 3.43. The summed E-state index contributed by atoms with van der Waals surface area (Å²) in [6, 6.07) is 8.63. The molecule has 2 unspecified atom stereocenters. The van der Waals surface area contributed by atoms with Crippen molar-refractivity contribution in [1.82, 2.24) is 10.2 Å². The van der Waals surface area contributed by atoms with Gasteiger partial charge in [0.15, 0.2) is 5.78 Å².